The molecule has 0 aromatic rings. The molecule has 2 saturated carbocycles. The molecule has 0 aromatic heterocycles. The van der Waals surface area contributed by atoms with Crippen molar-refractivity contribution < 1.29 is 4.79 Å². The molecule has 2 atom stereocenters. The predicted octanol–water partition coefficient (Wildman–Crippen LogP) is 1.90. The van der Waals surface area contributed by atoms with Gasteiger partial charge >= 0.3 is 0 Å². The third-order valence-corrected chi connectivity index (χ3v) is 4.56. The van der Waals surface area contributed by atoms with Gasteiger partial charge in [-0.1, -0.05) is 19.8 Å². The standard InChI is InChI=1S/C13H24N2O/c1-10-6-3-4-7-11(10)15(2)12(16)13(14)8-5-9-13/h10-11H,3-9,14H2,1-2H3. The number of amides is 1. The molecule has 3 heteroatoms. The van der Waals surface area contributed by atoms with Gasteiger partial charge in [0.1, 0.15) is 0 Å². The summed E-state index contributed by atoms with van der Waals surface area (Å²) < 4.78 is 0. The van der Waals surface area contributed by atoms with Crippen molar-refractivity contribution in [2.45, 2.75) is 63.5 Å². The minimum absolute atomic E-state index is 0.178. The Labute approximate surface area is 98.4 Å². The van der Waals surface area contributed by atoms with Crippen LogP contribution in [-0.4, -0.2) is 29.4 Å². The van der Waals surface area contributed by atoms with Gasteiger partial charge in [-0.25, -0.2) is 0 Å². The fourth-order valence-electron chi connectivity index (χ4n) is 3.15. The molecule has 0 aliphatic heterocycles. The van der Waals surface area contributed by atoms with Gasteiger partial charge < -0.3 is 10.6 Å². The SMILES string of the molecule is CC1CCCCC1N(C)C(=O)C1(N)CCC1. The highest BCUT2D eigenvalue weighted by Crippen LogP contribution is 2.34. The summed E-state index contributed by atoms with van der Waals surface area (Å²) in [7, 11) is 1.95. The molecule has 0 saturated heterocycles. The van der Waals surface area contributed by atoms with Crippen LogP contribution in [0.25, 0.3) is 0 Å². The van der Waals surface area contributed by atoms with Crippen molar-refractivity contribution in [3.63, 3.8) is 0 Å². The lowest BCUT2D eigenvalue weighted by molar-refractivity contribution is -0.142. The maximum atomic E-state index is 12.3. The Kier molecular flexibility index (Phi) is 3.24. The Bertz CT molecular complexity index is 273. The van der Waals surface area contributed by atoms with Crippen LogP contribution >= 0.6 is 0 Å². The molecule has 0 aromatic carbocycles. The van der Waals surface area contributed by atoms with Crippen molar-refractivity contribution in [3.05, 3.63) is 0 Å². The van der Waals surface area contributed by atoms with Crippen LogP contribution in [0.5, 0.6) is 0 Å². The second kappa shape index (κ2) is 4.36. The summed E-state index contributed by atoms with van der Waals surface area (Å²) in [5, 5.41) is 0. The first-order valence-electron chi connectivity index (χ1n) is 6.61. The Morgan fingerprint density at radius 2 is 1.88 bits per heavy atom. The van der Waals surface area contributed by atoms with E-state index in [1.165, 1.54) is 19.3 Å². The summed E-state index contributed by atoms with van der Waals surface area (Å²) in [5.41, 5.74) is 5.59. The molecule has 2 rings (SSSR count). The molecular weight excluding hydrogens is 200 g/mol. The minimum atomic E-state index is -0.522. The first kappa shape index (κ1) is 11.9. The predicted molar refractivity (Wildman–Crippen MR) is 65.0 cm³/mol. The quantitative estimate of drug-likeness (QED) is 0.778. The van der Waals surface area contributed by atoms with Gasteiger partial charge in [-0.15, -0.1) is 0 Å². The average molecular weight is 224 g/mol. The molecule has 3 nitrogen and oxygen atoms in total. The molecule has 16 heavy (non-hydrogen) atoms. The first-order valence-corrected chi connectivity index (χ1v) is 6.61. The van der Waals surface area contributed by atoms with E-state index >= 15 is 0 Å². The zero-order valence-electron chi connectivity index (χ0n) is 10.5. The van der Waals surface area contributed by atoms with E-state index in [2.05, 4.69) is 6.92 Å². The summed E-state index contributed by atoms with van der Waals surface area (Å²) in [6.07, 6.45) is 7.82. The van der Waals surface area contributed by atoms with E-state index in [1.54, 1.807) is 0 Å². The number of carbonyl (C=O) groups is 1. The number of hydrogen-bond donors (Lipinski definition) is 1. The number of nitrogens with two attached hydrogens (primary N) is 1. The normalized spacial score (nSPS) is 32.9. The molecular formula is C13H24N2O. The monoisotopic (exact) mass is 224 g/mol. The highest BCUT2D eigenvalue weighted by atomic mass is 16.2. The molecule has 2 unspecified atom stereocenters. The number of rotatable bonds is 2. The summed E-state index contributed by atoms with van der Waals surface area (Å²) in [6, 6.07) is 0.419. The Morgan fingerprint density at radius 1 is 1.25 bits per heavy atom. The fourth-order valence-corrected chi connectivity index (χ4v) is 3.15. The van der Waals surface area contributed by atoms with Crippen LogP contribution < -0.4 is 5.73 Å². The van der Waals surface area contributed by atoms with E-state index < -0.39 is 5.54 Å². The Balaban J connectivity index is 2.00. The van der Waals surface area contributed by atoms with Crippen molar-refractivity contribution in [2.75, 3.05) is 7.05 Å². The molecule has 2 fully saturated rings. The largest absolute Gasteiger partial charge is 0.341 e. The van der Waals surface area contributed by atoms with Crippen LogP contribution in [0.15, 0.2) is 0 Å². The van der Waals surface area contributed by atoms with E-state index in [0.717, 1.165) is 25.7 Å². The number of nitrogens with zero attached hydrogens (tertiary/aromatic N) is 1. The van der Waals surface area contributed by atoms with E-state index in [9.17, 15) is 4.79 Å². The van der Waals surface area contributed by atoms with Crippen LogP contribution in [0.2, 0.25) is 0 Å². The summed E-state index contributed by atoms with van der Waals surface area (Å²) >= 11 is 0. The number of carbonyl (C=O) groups excluding carboxylic acids is 1. The lowest BCUT2D eigenvalue weighted by Gasteiger charge is -2.44. The molecule has 0 heterocycles. The zero-order valence-corrected chi connectivity index (χ0v) is 10.5. The van der Waals surface area contributed by atoms with E-state index in [0.29, 0.717) is 12.0 Å². The van der Waals surface area contributed by atoms with Crippen molar-refractivity contribution >= 4 is 5.91 Å². The van der Waals surface area contributed by atoms with Crippen molar-refractivity contribution in [1.29, 1.82) is 0 Å². The summed E-state index contributed by atoms with van der Waals surface area (Å²) in [4.78, 5) is 14.2. The highest BCUT2D eigenvalue weighted by molar-refractivity contribution is 5.87. The Hall–Kier alpha value is -0.570. The highest BCUT2D eigenvalue weighted by Gasteiger charge is 2.43. The zero-order chi connectivity index (χ0) is 11.8. The maximum Gasteiger partial charge on any atom is 0.242 e. The molecule has 0 spiro atoms. The van der Waals surface area contributed by atoms with E-state index in [-0.39, 0.29) is 5.91 Å². The fraction of sp³-hybridized carbons (Fsp3) is 0.923. The van der Waals surface area contributed by atoms with E-state index in [1.807, 2.05) is 11.9 Å². The average Bonchev–Trinajstić information content (AvgIpc) is 2.24. The molecule has 0 bridgehead atoms. The second-order valence-corrected chi connectivity index (χ2v) is 5.75. The van der Waals surface area contributed by atoms with Gasteiger partial charge in [0, 0.05) is 13.1 Å². The topological polar surface area (TPSA) is 46.3 Å². The van der Waals surface area contributed by atoms with Gasteiger partial charge in [0.05, 0.1) is 5.54 Å². The van der Waals surface area contributed by atoms with Crippen molar-refractivity contribution in [1.82, 2.24) is 4.90 Å². The summed E-state index contributed by atoms with van der Waals surface area (Å²) in [5.74, 6) is 0.809. The number of likely N-dealkylation sites (N-methyl/N-ethyl adjacent to an activating group) is 1. The van der Waals surface area contributed by atoms with Crippen LogP contribution in [0.3, 0.4) is 0 Å². The van der Waals surface area contributed by atoms with Crippen LogP contribution in [-0.2, 0) is 4.79 Å². The smallest absolute Gasteiger partial charge is 0.242 e. The number of hydrogen-bond acceptors (Lipinski definition) is 2. The van der Waals surface area contributed by atoms with Gasteiger partial charge in [-0.05, 0) is 38.0 Å². The van der Waals surface area contributed by atoms with Crippen LogP contribution in [0.1, 0.15) is 51.9 Å². The van der Waals surface area contributed by atoms with Gasteiger partial charge in [-0.2, -0.15) is 0 Å². The van der Waals surface area contributed by atoms with Gasteiger partial charge in [-0.3, -0.25) is 4.79 Å². The Morgan fingerprint density at radius 3 is 2.38 bits per heavy atom. The van der Waals surface area contributed by atoms with Crippen LogP contribution in [0, 0.1) is 5.92 Å². The van der Waals surface area contributed by atoms with Crippen LogP contribution in [0.4, 0.5) is 0 Å². The lowest BCUT2D eigenvalue weighted by Crippen LogP contribution is -2.61. The first-order chi connectivity index (χ1) is 7.54. The maximum absolute atomic E-state index is 12.3. The van der Waals surface area contributed by atoms with Gasteiger partial charge in [0.2, 0.25) is 5.91 Å². The molecule has 0 radical (unpaired) electrons. The summed E-state index contributed by atoms with van der Waals surface area (Å²) in [6.45, 7) is 2.26. The lowest BCUT2D eigenvalue weighted by atomic mass is 9.75. The molecule has 2 aliphatic carbocycles. The van der Waals surface area contributed by atoms with Crippen molar-refractivity contribution in [2.24, 2.45) is 11.7 Å². The third kappa shape index (κ3) is 1.97. The molecule has 2 N–H and O–H groups in total. The van der Waals surface area contributed by atoms with Crippen molar-refractivity contribution in [3.8, 4) is 0 Å². The molecule has 2 aliphatic rings. The third-order valence-electron chi connectivity index (χ3n) is 4.56. The molecule has 92 valence electrons. The molecule has 1 amide bonds. The van der Waals surface area contributed by atoms with Gasteiger partial charge in [0.15, 0.2) is 0 Å². The minimum Gasteiger partial charge on any atom is -0.341 e. The second-order valence-electron chi connectivity index (χ2n) is 5.75. The van der Waals surface area contributed by atoms with E-state index in [4.69, 9.17) is 5.73 Å². The van der Waals surface area contributed by atoms with Gasteiger partial charge in [0.25, 0.3) is 0 Å².